The standard InChI is InChI=1S/C50H38N6O3S4/c1-3-53-47(57)43(62-49(53)60)31-33-15-23-39(24-16-33)55(37-11-7-5-8-12-37)41-27-19-35(20-28-41)45-51-52-46(59-45)36-21-29-42(30-22-36)56(38-13-9-6-10-14-38)40-25-17-34(18-26-40)32-44-48(58)54(4-2)50(61)63-44/h5-32H,3-4H2,1-2H3/b43-31-,44-32-. The van der Waals surface area contributed by atoms with Gasteiger partial charge in [0.1, 0.15) is 8.64 Å². The van der Waals surface area contributed by atoms with Crippen LogP contribution in [0.2, 0.25) is 0 Å². The molecule has 0 saturated carbocycles. The number of thioether (sulfide) groups is 2. The molecule has 9 rings (SSSR count). The minimum Gasteiger partial charge on any atom is -0.416 e. The zero-order valence-corrected chi connectivity index (χ0v) is 37.4. The highest BCUT2D eigenvalue weighted by molar-refractivity contribution is 8.27. The molecule has 0 radical (unpaired) electrons. The first-order valence-corrected chi connectivity index (χ1v) is 22.7. The normalized spacial score (nSPS) is 15.3. The maximum absolute atomic E-state index is 12.8. The van der Waals surface area contributed by atoms with E-state index in [-0.39, 0.29) is 11.8 Å². The molecule has 2 saturated heterocycles. The maximum atomic E-state index is 12.8. The van der Waals surface area contributed by atoms with Gasteiger partial charge in [0, 0.05) is 58.3 Å². The van der Waals surface area contributed by atoms with Crippen LogP contribution >= 0.6 is 48.0 Å². The molecule has 9 nitrogen and oxygen atoms in total. The predicted octanol–water partition coefficient (Wildman–Crippen LogP) is 12.8. The Labute approximate surface area is 384 Å². The molecule has 0 aliphatic carbocycles. The predicted molar refractivity (Wildman–Crippen MR) is 266 cm³/mol. The molecule has 310 valence electrons. The van der Waals surface area contributed by atoms with Gasteiger partial charge in [-0.2, -0.15) is 0 Å². The van der Waals surface area contributed by atoms with Gasteiger partial charge in [-0.1, -0.05) is 109 Å². The summed E-state index contributed by atoms with van der Waals surface area (Å²) in [6.07, 6.45) is 3.79. The Morgan fingerprint density at radius 3 is 1.13 bits per heavy atom. The monoisotopic (exact) mass is 898 g/mol. The van der Waals surface area contributed by atoms with E-state index < -0.39 is 0 Å². The SMILES string of the molecule is CCN1C(=O)/C(=C/c2ccc(N(c3ccccc3)c3ccc(-c4nnc(-c5ccc(N(c6ccccc6)c6ccc(/C=C7\SC(=S)N(CC)C7=O)cc6)cc5)o4)cc3)cc2)SC1=S. The van der Waals surface area contributed by atoms with Gasteiger partial charge in [-0.25, -0.2) is 0 Å². The topological polar surface area (TPSA) is 86.0 Å². The van der Waals surface area contributed by atoms with E-state index in [0.29, 0.717) is 43.3 Å². The highest BCUT2D eigenvalue weighted by atomic mass is 32.2. The van der Waals surface area contributed by atoms with Crippen molar-refractivity contribution >= 4 is 115 Å². The summed E-state index contributed by atoms with van der Waals surface area (Å²) in [5.74, 6) is 0.712. The van der Waals surface area contributed by atoms with Gasteiger partial charge < -0.3 is 14.2 Å². The Bertz CT molecular complexity index is 2690. The fraction of sp³-hybridized carbons (Fsp3) is 0.0800. The lowest BCUT2D eigenvalue weighted by Crippen LogP contribution is -2.27. The van der Waals surface area contributed by atoms with Gasteiger partial charge in [0.05, 0.1) is 9.81 Å². The molecule has 6 aromatic carbocycles. The molecule has 3 heterocycles. The van der Waals surface area contributed by atoms with Crippen LogP contribution in [0.5, 0.6) is 0 Å². The number of hydrogen-bond acceptors (Lipinski definition) is 11. The van der Waals surface area contributed by atoms with Crippen LogP contribution in [0.15, 0.2) is 172 Å². The Morgan fingerprint density at radius 1 is 0.492 bits per heavy atom. The maximum Gasteiger partial charge on any atom is 0.266 e. The zero-order chi connectivity index (χ0) is 43.5. The molecule has 2 amide bonds. The number of benzene rings is 6. The summed E-state index contributed by atoms with van der Waals surface area (Å²) >= 11 is 13.5. The van der Waals surface area contributed by atoms with Crippen molar-refractivity contribution < 1.29 is 14.0 Å². The average Bonchev–Trinajstić information content (AvgIpc) is 4.00. The molecule has 63 heavy (non-hydrogen) atoms. The van der Waals surface area contributed by atoms with Crippen molar-refractivity contribution in [3.8, 4) is 22.9 Å². The van der Waals surface area contributed by atoms with Crippen LogP contribution in [0.25, 0.3) is 35.1 Å². The molecule has 2 aliphatic heterocycles. The average molecular weight is 899 g/mol. The van der Waals surface area contributed by atoms with Crippen molar-refractivity contribution in [2.45, 2.75) is 13.8 Å². The number of amides is 2. The van der Waals surface area contributed by atoms with Crippen LogP contribution in [0.1, 0.15) is 25.0 Å². The molecular formula is C50H38N6O3S4. The van der Waals surface area contributed by atoms with Crippen molar-refractivity contribution in [1.82, 2.24) is 20.0 Å². The minimum atomic E-state index is -0.0536. The Morgan fingerprint density at radius 2 is 0.810 bits per heavy atom. The van der Waals surface area contributed by atoms with Crippen LogP contribution in [-0.4, -0.2) is 53.5 Å². The fourth-order valence-corrected chi connectivity index (χ4v) is 10.1. The van der Waals surface area contributed by atoms with E-state index >= 15 is 0 Å². The van der Waals surface area contributed by atoms with Gasteiger partial charge in [0.25, 0.3) is 11.8 Å². The number of carbonyl (C=O) groups excluding carboxylic acids is 2. The summed E-state index contributed by atoms with van der Waals surface area (Å²) in [7, 11) is 0. The lowest BCUT2D eigenvalue weighted by molar-refractivity contribution is -0.122. The number of hydrogen-bond donors (Lipinski definition) is 0. The van der Waals surface area contributed by atoms with Crippen molar-refractivity contribution in [1.29, 1.82) is 0 Å². The van der Waals surface area contributed by atoms with E-state index in [9.17, 15) is 9.59 Å². The molecule has 0 atom stereocenters. The first-order valence-electron chi connectivity index (χ1n) is 20.2. The molecule has 0 N–H and O–H groups in total. The van der Waals surface area contributed by atoms with Crippen LogP contribution in [0.3, 0.4) is 0 Å². The number of carbonyl (C=O) groups is 2. The smallest absolute Gasteiger partial charge is 0.266 e. The lowest BCUT2D eigenvalue weighted by atomic mass is 10.1. The van der Waals surface area contributed by atoms with Gasteiger partial charge in [0.15, 0.2) is 0 Å². The first-order chi connectivity index (χ1) is 30.8. The largest absolute Gasteiger partial charge is 0.416 e. The third kappa shape index (κ3) is 8.73. The third-order valence-corrected chi connectivity index (χ3v) is 13.2. The second-order valence-corrected chi connectivity index (χ2v) is 17.7. The summed E-state index contributed by atoms with van der Waals surface area (Å²) in [6, 6.07) is 52.6. The quantitative estimate of drug-likeness (QED) is 0.0868. The van der Waals surface area contributed by atoms with Crippen LogP contribution in [-0.2, 0) is 9.59 Å². The molecule has 0 bridgehead atoms. The molecular weight excluding hydrogens is 861 g/mol. The highest BCUT2D eigenvalue weighted by Crippen LogP contribution is 2.39. The molecule has 0 unspecified atom stereocenters. The highest BCUT2D eigenvalue weighted by Gasteiger charge is 2.31. The second kappa shape index (κ2) is 18.4. The van der Waals surface area contributed by atoms with Crippen molar-refractivity contribution in [3.05, 3.63) is 179 Å². The minimum absolute atomic E-state index is 0.0536. The number of rotatable bonds is 12. The number of anilines is 6. The van der Waals surface area contributed by atoms with E-state index in [1.807, 2.05) is 159 Å². The molecule has 2 aliphatic rings. The molecule has 7 aromatic rings. The van der Waals surface area contributed by atoms with E-state index in [4.69, 9.17) is 28.9 Å². The van der Waals surface area contributed by atoms with Crippen molar-refractivity contribution in [2.24, 2.45) is 0 Å². The molecule has 0 spiro atoms. The third-order valence-electron chi connectivity index (χ3n) is 10.5. The van der Waals surface area contributed by atoms with E-state index in [1.54, 1.807) is 9.80 Å². The van der Waals surface area contributed by atoms with Gasteiger partial charge >= 0.3 is 0 Å². The summed E-state index contributed by atoms with van der Waals surface area (Å²) < 4.78 is 7.43. The first kappa shape index (κ1) is 41.7. The number of thiocarbonyl (C=S) groups is 2. The van der Waals surface area contributed by atoms with E-state index in [0.717, 1.165) is 56.4 Å². The lowest BCUT2D eigenvalue weighted by Gasteiger charge is -2.25. The van der Waals surface area contributed by atoms with E-state index in [1.165, 1.54) is 23.5 Å². The molecule has 13 heteroatoms. The summed E-state index contributed by atoms with van der Waals surface area (Å²) in [4.78, 5) is 34.4. The molecule has 1 aromatic heterocycles. The van der Waals surface area contributed by atoms with Gasteiger partial charge in [-0.3, -0.25) is 19.4 Å². The molecule has 2 fully saturated rings. The fourth-order valence-electron chi connectivity index (χ4n) is 7.30. The van der Waals surface area contributed by atoms with E-state index in [2.05, 4.69) is 44.3 Å². The zero-order valence-electron chi connectivity index (χ0n) is 34.1. The van der Waals surface area contributed by atoms with Crippen LogP contribution < -0.4 is 9.80 Å². The van der Waals surface area contributed by atoms with Crippen molar-refractivity contribution in [3.63, 3.8) is 0 Å². The summed E-state index contributed by atoms with van der Waals surface area (Å²) in [5, 5.41) is 8.84. The number of para-hydroxylation sites is 2. The number of nitrogens with zero attached hydrogens (tertiary/aromatic N) is 6. The van der Waals surface area contributed by atoms with Gasteiger partial charge in [-0.05, 0) is 134 Å². The second-order valence-electron chi connectivity index (χ2n) is 14.4. The summed E-state index contributed by atoms with van der Waals surface area (Å²) in [5.41, 5.74) is 9.22. The summed E-state index contributed by atoms with van der Waals surface area (Å²) in [6.45, 7) is 4.96. The Hall–Kier alpha value is -6.64. The van der Waals surface area contributed by atoms with Crippen molar-refractivity contribution in [2.75, 3.05) is 22.9 Å². The Balaban J connectivity index is 0.933. The Kier molecular flexibility index (Phi) is 12.2. The number of likely N-dealkylation sites (N-methyl/N-ethyl adjacent to an activating group) is 2. The number of aromatic nitrogens is 2. The van der Waals surface area contributed by atoms with Gasteiger partial charge in [0.2, 0.25) is 11.8 Å². The van der Waals surface area contributed by atoms with Crippen LogP contribution in [0, 0.1) is 0 Å². The van der Waals surface area contributed by atoms with Gasteiger partial charge in [-0.15, -0.1) is 10.2 Å². The van der Waals surface area contributed by atoms with Crippen LogP contribution in [0.4, 0.5) is 34.1 Å².